The smallest absolute Gasteiger partial charge is 0.416 e. The fourth-order valence-electron chi connectivity index (χ4n) is 3.00. The van der Waals surface area contributed by atoms with Crippen molar-refractivity contribution in [1.29, 1.82) is 0 Å². The van der Waals surface area contributed by atoms with Gasteiger partial charge in [0.05, 0.1) is 23.9 Å². The Morgan fingerprint density at radius 2 is 1.60 bits per heavy atom. The van der Waals surface area contributed by atoms with Crippen molar-refractivity contribution < 1.29 is 41.0 Å². The van der Waals surface area contributed by atoms with Crippen molar-refractivity contribution in [3.05, 3.63) is 76.7 Å². The molecule has 2 N–H and O–H groups in total. The number of aromatic carboxylic acids is 1. The number of hydrogen-bond acceptors (Lipinski definition) is 5. The maximum Gasteiger partial charge on any atom is 0.416 e. The summed E-state index contributed by atoms with van der Waals surface area (Å²) < 4.78 is 79.6. The van der Waals surface area contributed by atoms with E-state index < -0.39 is 29.4 Å². The number of nitrogens with zero attached hydrogens (tertiary/aromatic N) is 2. The quantitative estimate of drug-likeness (QED) is 0.443. The van der Waals surface area contributed by atoms with Crippen LogP contribution in [0.25, 0.3) is 11.3 Å². The number of hydrogen-bond donors (Lipinski definition) is 2. The van der Waals surface area contributed by atoms with Gasteiger partial charge in [-0.25, -0.2) is 14.8 Å². The van der Waals surface area contributed by atoms with Crippen molar-refractivity contribution >= 4 is 5.97 Å². The van der Waals surface area contributed by atoms with Crippen LogP contribution in [0.15, 0.2) is 48.7 Å². The molecule has 1 heterocycles. The van der Waals surface area contributed by atoms with Crippen LogP contribution < -0.4 is 10.1 Å². The van der Waals surface area contributed by atoms with E-state index in [1.165, 1.54) is 20.4 Å². The van der Waals surface area contributed by atoms with Crippen LogP contribution in [0.1, 0.15) is 32.9 Å². The number of carboxylic acids is 1. The number of carbonyl (C=O) groups is 1. The molecule has 0 spiro atoms. The lowest BCUT2D eigenvalue weighted by Gasteiger charge is -2.13. The molecule has 0 amide bonds. The molecule has 35 heavy (non-hydrogen) atoms. The highest BCUT2D eigenvalue weighted by atomic mass is 19.4. The Bertz CT molecular complexity index is 1150. The average molecular weight is 501 g/mol. The molecule has 188 valence electrons. The third-order valence-corrected chi connectivity index (χ3v) is 4.53. The van der Waals surface area contributed by atoms with Gasteiger partial charge < -0.3 is 15.2 Å². The minimum atomic E-state index is -4.79. The zero-order valence-corrected chi connectivity index (χ0v) is 18.8. The summed E-state index contributed by atoms with van der Waals surface area (Å²) in [6, 6.07) is 8.67. The Balaban J connectivity index is 0.000000247. The summed E-state index contributed by atoms with van der Waals surface area (Å²) in [6.45, 7) is 1.65. The van der Waals surface area contributed by atoms with Gasteiger partial charge in [-0.1, -0.05) is 12.1 Å². The summed E-state index contributed by atoms with van der Waals surface area (Å²) >= 11 is 0. The molecule has 3 aromatic rings. The Morgan fingerprint density at radius 1 is 1.03 bits per heavy atom. The van der Waals surface area contributed by atoms with E-state index in [4.69, 9.17) is 9.84 Å². The molecule has 0 unspecified atom stereocenters. The second kappa shape index (κ2) is 11.2. The molecule has 0 bridgehead atoms. The van der Waals surface area contributed by atoms with Crippen LogP contribution in [0.2, 0.25) is 0 Å². The number of rotatable bonds is 5. The molecule has 6 nitrogen and oxygen atoms in total. The Labute approximate surface area is 196 Å². The van der Waals surface area contributed by atoms with Gasteiger partial charge in [-0.3, -0.25) is 0 Å². The van der Waals surface area contributed by atoms with E-state index in [0.29, 0.717) is 35.0 Å². The normalized spacial score (nSPS) is 11.5. The number of carboxylic acid groups (broad SMARTS) is 1. The summed E-state index contributed by atoms with van der Waals surface area (Å²) in [5, 5.41) is 11.7. The van der Waals surface area contributed by atoms with Crippen LogP contribution in [-0.2, 0) is 18.9 Å². The fraction of sp³-hybridized carbons (Fsp3) is 0.261. The standard InChI is InChI=1S/C13H12N2O3.C10H9F6N/c1-8-14-7-10(13(16)17)12(15-8)9-5-3-4-6-11(9)18-2;1-17-5-6-2-7(9(11,12)13)4-8(3-6)10(14,15)16/h3-7H,1-2H3,(H,16,17);2-4,17H,5H2,1H3. The largest absolute Gasteiger partial charge is 0.496 e. The highest BCUT2D eigenvalue weighted by molar-refractivity contribution is 5.95. The van der Waals surface area contributed by atoms with Crippen LogP contribution in [0.3, 0.4) is 0 Å². The SMILES string of the molecule is CNCc1cc(C(F)(F)F)cc(C(F)(F)F)c1.COc1ccccc1-c1nc(C)ncc1C(=O)O. The fourth-order valence-corrected chi connectivity index (χ4v) is 3.00. The van der Waals surface area contributed by atoms with E-state index in [1.807, 2.05) is 6.07 Å². The van der Waals surface area contributed by atoms with Crippen molar-refractivity contribution in [2.24, 2.45) is 0 Å². The summed E-state index contributed by atoms with van der Waals surface area (Å²) in [4.78, 5) is 19.3. The zero-order valence-electron chi connectivity index (χ0n) is 18.8. The molecular formula is C23H21F6N3O3. The van der Waals surface area contributed by atoms with Crippen molar-refractivity contribution in [3.8, 4) is 17.0 Å². The molecule has 0 atom stereocenters. The molecule has 0 aliphatic heterocycles. The topological polar surface area (TPSA) is 84.3 Å². The summed E-state index contributed by atoms with van der Waals surface area (Å²) in [6.07, 6.45) is -8.26. The predicted octanol–water partition coefficient (Wildman–Crippen LogP) is 5.60. The van der Waals surface area contributed by atoms with Crippen LogP contribution in [-0.4, -0.2) is 35.2 Å². The van der Waals surface area contributed by atoms with Crippen LogP contribution in [0.5, 0.6) is 5.75 Å². The van der Waals surface area contributed by atoms with Gasteiger partial charge in [0.25, 0.3) is 0 Å². The van der Waals surface area contributed by atoms with E-state index in [-0.39, 0.29) is 23.7 Å². The molecule has 0 radical (unpaired) electrons. The summed E-state index contributed by atoms with van der Waals surface area (Å²) in [5.74, 6) is 0.0370. The lowest BCUT2D eigenvalue weighted by Crippen LogP contribution is -2.14. The van der Waals surface area contributed by atoms with Crippen LogP contribution in [0.4, 0.5) is 26.3 Å². The Morgan fingerprint density at radius 3 is 2.09 bits per heavy atom. The Hall–Kier alpha value is -3.67. The minimum absolute atomic E-state index is 0.0603. The number of methoxy groups -OCH3 is 1. The number of aromatic nitrogens is 2. The average Bonchev–Trinajstić information content (AvgIpc) is 2.78. The van der Waals surface area contributed by atoms with Crippen LogP contribution >= 0.6 is 0 Å². The second-order valence-corrected chi connectivity index (χ2v) is 7.13. The minimum Gasteiger partial charge on any atom is -0.496 e. The van der Waals surface area contributed by atoms with Gasteiger partial charge in [0.1, 0.15) is 17.1 Å². The highest BCUT2D eigenvalue weighted by Crippen LogP contribution is 2.36. The van der Waals surface area contributed by atoms with Gasteiger partial charge in [0.15, 0.2) is 0 Å². The van der Waals surface area contributed by atoms with Gasteiger partial charge in [-0.05, 0) is 49.9 Å². The van der Waals surface area contributed by atoms with Crippen molar-refractivity contribution in [3.63, 3.8) is 0 Å². The number of ether oxygens (including phenoxy) is 1. The Kier molecular flexibility index (Phi) is 8.80. The van der Waals surface area contributed by atoms with Gasteiger partial charge >= 0.3 is 18.3 Å². The molecule has 2 aromatic carbocycles. The maximum atomic E-state index is 12.4. The highest BCUT2D eigenvalue weighted by Gasteiger charge is 2.36. The predicted molar refractivity (Wildman–Crippen MR) is 115 cm³/mol. The molecule has 12 heteroatoms. The number of para-hydroxylation sites is 1. The van der Waals surface area contributed by atoms with E-state index in [2.05, 4.69) is 15.3 Å². The van der Waals surface area contributed by atoms with Gasteiger partial charge in [-0.2, -0.15) is 26.3 Å². The number of alkyl halides is 6. The van der Waals surface area contributed by atoms with E-state index in [0.717, 1.165) is 0 Å². The van der Waals surface area contributed by atoms with E-state index in [1.54, 1.807) is 25.1 Å². The van der Waals surface area contributed by atoms with E-state index >= 15 is 0 Å². The zero-order chi connectivity index (χ0) is 26.4. The lowest BCUT2D eigenvalue weighted by atomic mass is 10.0. The molecule has 0 aliphatic rings. The summed E-state index contributed by atoms with van der Waals surface area (Å²) in [5.41, 5.74) is -1.58. The van der Waals surface area contributed by atoms with Gasteiger partial charge in [-0.15, -0.1) is 0 Å². The molecule has 0 saturated carbocycles. The molecule has 0 saturated heterocycles. The molecule has 1 aromatic heterocycles. The third kappa shape index (κ3) is 7.41. The van der Waals surface area contributed by atoms with Gasteiger partial charge in [0.2, 0.25) is 0 Å². The van der Waals surface area contributed by atoms with Crippen molar-refractivity contribution in [2.75, 3.05) is 14.2 Å². The first kappa shape index (κ1) is 27.6. The molecular weight excluding hydrogens is 480 g/mol. The number of halogens is 6. The van der Waals surface area contributed by atoms with E-state index in [9.17, 15) is 31.1 Å². The molecule has 3 rings (SSSR count). The number of nitrogens with one attached hydrogen (secondary N) is 1. The number of aryl methyl sites for hydroxylation is 1. The number of benzene rings is 2. The van der Waals surface area contributed by atoms with Crippen molar-refractivity contribution in [2.45, 2.75) is 25.8 Å². The summed E-state index contributed by atoms with van der Waals surface area (Å²) in [7, 11) is 2.97. The lowest BCUT2D eigenvalue weighted by molar-refractivity contribution is -0.143. The third-order valence-electron chi connectivity index (χ3n) is 4.53. The second-order valence-electron chi connectivity index (χ2n) is 7.13. The monoisotopic (exact) mass is 501 g/mol. The molecule has 0 fully saturated rings. The van der Waals surface area contributed by atoms with Crippen molar-refractivity contribution in [1.82, 2.24) is 15.3 Å². The van der Waals surface area contributed by atoms with Gasteiger partial charge in [0, 0.05) is 18.3 Å². The first-order valence-electron chi connectivity index (χ1n) is 9.91. The van der Waals surface area contributed by atoms with Crippen LogP contribution in [0, 0.1) is 6.92 Å². The molecule has 0 aliphatic carbocycles. The first-order valence-corrected chi connectivity index (χ1v) is 9.91. The maximum absolute atomic E-state index is 12.4. The first-order chi connectivity index (χ1) is 16.3.